The summed E-state index contributed by atoms with van der Waals surface area (Å²) in [7, 11) is 5.70. The lowest BCUT2D eigenvalue weighted by Gasteiger charge is -2.16. The van der Waals surface area contributed by atoms with Gasteiger partial charge in [0.1, 0.15) is 0 Å². The van der Waals surface area contributed by atoms with E-state index in [0.717, 1.165) is 13.0 Å². The fraction of sp³-hybridized carbons (Fsp3) is 0.400. The molecule has 0 saturated carbocycles. The van der Waals surface area contributed by atoms with Gasteiger partial charge in [-0.3, -0.25) is 4.79 Å². The van der Waals surface area contributed by atoms with Crippen LogP contribution in [0.15, 0.2) is 30.5 Å². The summed E-state index contributed by atoms with van der Waals surface area (Å²) in [5.41, 5.74) is 2.53. The Morgan fingerprint density at radius 2 is 2.11 bits per heavy atom. The number of nitrogens with zero attached hydrogens (tertiary/aromatic N) is 2. The summed E-state index contributed by atoms with van der Waals surface area (Å²) < 4.78 is 2.14. The van der Waals surface area contributed by atoms with Crippen molar-refractivity contribution >= 4 is 16.8 Å². The predicted molar refractivity (Wildman–Crippen MR) is 78.2 cm³/mol. The van der Waals surface area contributed by atoms with Gasteiger partial charge in [-0.2, -0.15) is 0 Å². The molecule has 1 heterocycles. The molecule has 0 radical (unpaired) electrons. The number of aromatic nitrogens is 1. The zero-order chi connectivity index (χ0) is 13.8. The molecule has 102 valence electrons. The van der Waals surface area contributed by atoms with Crippen molar-refractivity contribution in [2.45, 2.75) is 6.42 Å². The van der Waals surface area contributed by atoms with E-state index in [9.17, 15) is 4.79 Å². The number of amides is 1. The molecule has 0 aliphatic carbocycles. The highest BCUT2D eigenvalue weighted by atomic mass is 16.2. The van der Waals surface area contributed by atoms with E-state index in [0.29, 0.717) is 6.54 Å². The smallest absolute Gasteiger partial charge is 0.236 e. The van der Waals surface area contributed by atoms with Crippen LogP contribution in [0, 0.1) is 0 Å². The number of hydrogen-bond acceptors (Lipinski definition) is 2. The Labute approximate surface area is 114 Å². The number of nitrogens with one attached hydrogen (secondary N) is 1. The molecule has 2 rings (SSSR count). The Kier molecular flexibility index (Phi) is 4.22. The van der Waals surface area contributed by atoms with E-state index in [1.54, 1.807) is 11.9 Å². The van der Waals surface area contributed by atoms with Crippen molar-refractivity contribution < 1.29 is 4.79 Å². The molecule has 1 N–H and O–H groups in total. The van der Waals surface area contributed by atoms with Crippen LogP contribution < -0.4 is 5.32 Å². The molecule has 0 bridgehead atoms. The molecule has 4 nitrogen and oxygen atoms in total. The fourth-order valence-electron chi connectivity index (χ4n) is 2.32. The van der Waals surface area contributed by atoms with Gasteiger partial charge in [-0.25, -0.2) is 0 Å². The van der Waals surface area contributed by atoms with Gasteiger partial charge in [0, 0.05) is 37.7 Å². The first-order valence-corrected chi connectivity index (χ1v) is 6.55. The monoisotopic (exact) mass is 259 g/mol. The number of para-hydroxylation sites is 1. The van der Waals surface area contributed by atoms with Crippen LogP contribution >= 0.6 is 0 Å². The normalized spacial score (nSPS) is 10.9. The van der Waals surface area contributed by atoms with E-state index in [2.05, 4.69) is 47.4 Å². The largest absolute Gasteiger partial charge is 0.350 e. The van der Waals surface area contributed by atoms with Crippen LogP contribution in [0.5, 0.6) is 0 Å². The van der Waals surface area contributed by atoms with E-state index >= 15 is 0 Å². The first-order chi connectivity index (χ1) is 9.13. The van der Waals surface area contributed by atoms with Crippen molar-refractivity contribution in [3.05, 3.63) is 36.0 Å². The Morgan fingerprint density at radius 1 is 1.37 bits per heavy atom. The quantitative estimate of drug-likeness (QED) is 0.881. The lowest BCUT2D eigenvalue weighted by molar-refractivity contribution is -0.128. The molecular weight excluding hydrogens is 238 g/mol. The van der Waals surface area contributed by atoms with Crippen molar-refractivity contribution in [1.82, 2.24) is 14.8 Å². The molecule has 0 aliphatic rings. The third-order valence-electron chi connectivity index (χ3n) is 3.45. The average Bonchev–Trinajstić information content (AvgIpc) is 2.74. The van der Waals surface area contributed by atoms with Gasteiger partial charge in [0.05, 0.1) is 6.54 Å². The van der Waals surface area contributed by atoms with Crippen LogP contribution in [0.25, 0.3) is 10.9 Å². The second-order valence-corrected chi connectivity index (χ2v) is 4.88. The molecule has 0 saturated heterocycles. The van der Waals surface area contributed by atoms with E-state index in [1.165, 1.54) is 16.5 Å². The van der Waals surface area contributed by atoms with Crippen LogP contribution in [0.1, 0.15) is 5.56 Å². The summed E-state index contributed by atoms with van der Waals surface area (Å²) in [5, 5.41) is 4.16. The number of aryl methyl sites for hydroxylation is 1. The molecule has 1 aromatic carbocycles. The lowest BCUT2D eigenvalue weighted by atomic mass is 10.1. The van der Waals surface area contributed by atoms with Crippen LogP contribution in [0.2, 0.25) is 0 Å². The number of hydrogen-bond donors (Lipinski definition) is 1. The number of carbonyl (C=O) groups is 1. The summed E-state index contributed by atoms with van der Waals surface area (Å²) in [5.74, 6) is 0.128. The maximum Gasteiger partial charge on any atom is 0.236 e. The summed E-state index contributed by atoms with van der Waals surface area (Å²) in [6.45, 7) is 1.14. The zero-order valence-electron chi connectivity index (χ0n) is 11.8. The highest BCUT2D eigenvalue weighted by molar-refractivity contribution is 5.84. The van der Waals surface area contributed by atoms with Crippen molar-refractivity contribution in [2.24, 2.45) is 7.05 Å². The Balaban J connectivity index is 2.08. The van der Waals surface area contributed by atoms with Gasteiger partial charge in [-0.1, -0.05) is 18.2 Å². The lowest BCUT2D eigenvalue weighted by Crippen LogP contribution is -2.35. The molecule has 1 aromatic heterocycles. The second kappa shape index (κ2) is 5.89. The molecule has 19 heavy (non-hydrogen) atoms. The SMILES string of the molecule is CNCC(=O)N(C)CCc1cn(C)c2ccccc12. The molecule has 0 aliphatic heterocycles. The minimum atomic E-state index is 0.128. The highest BCUT2D eigenvalue weighted by Gasteiger charge is 2.10. The Morgan fingerprint density at radius 3 is 2.84 bits per heavy atom. The second-order valence-electron chi connectivity index (χ2n) is 4.88. The van der Waals surface area contributed by atoms with E-state index in [1.807, 2.05) is 7.05 Å². The number of carbonyl (C=O) groups excluding carboxylic acids is 1. The topological polar surface area (TPSA) is 37.3 Å². The third-order valence-corrected chi connectivity index (χ3v) is 3.45. The maximum absolute atomic E-state index is 11.7. The van der Waals surface area contributed by atoms with Gasteiger partial charge in [0.25, 0.3) is 0 Å². The van der Waals surface area contributed by atoms with Crippen molar-refractivity contribution in [3.63, 3.8) is 0 Å². The van der Waals surface area contributed by atoms with Gasteiger partial charge >= 0.3 is 0 Å². The van der Waals surface area contributed by atoms with Gasteiger partial charge < -0.3 is 14.8 Å². The Bertz CT molecular complexity index is 574. The van der Waals surface area contributed by atoms with E-state index < -0.39 is 0 Å². The van der Waals surface area contributed by atoms with Gasteiger partial charge in [0.2, 0.25) is 5.91 Å². The molecular formula is C15H21N3O. The number of rotatable bonds is 5. The van der Waals surface area contributed by atoms with Crippen molar-refractivity contribution in [1.29, 1.82) is 0 Å². The molecule has 0 spiro atoms. The number of benzene rings is 1. The van der Waals surface area contributed by atoms with E-state index in [4.69, 9.17) is 0 Å². The zero-order valence-corrected chi connectivity index (χ0v) is 11.8. The van der Waals surface area contributed by atoms with Crippen molar-refractivity contribution in [3.8, 4) is 0 Å². The molecule has 4 heteroatoms. The van der Waals surface area contributed by atoms with Gasteiger partial charge in [-0.05, 0) is 25.1 Å². The summed E-state index contributed by atoms with van der Waals surface area (Å²) in [6.07, 6.45) is 3.04. The van der Waals surface area contributed by atoms with E-state index in [-0.39, 0.29) is 5.91 Å². The molecule has 1 amide bonds. The van der Waals surface area contributed by atoms with Crippen LogP contribution in [0.4, 0.5) is 0 Å². The Hall–Kier alpha value is -1.81. The maximum atomic E-state index is 11.7. The first-order valence-electron chi connectivity index (χ1n) is 6.55. The average molecular weight is 259 g/mol. The summed E-state index contributed by atoms with van der Waals surface area (Å²) in [4.78, 5) is 13.5. The molecule has 0 fully saturated rings. The van der Waals surface area contributed by atoms with Crippen LogP contribution in [-0.2, 0) is 18.3 Å². The third kappa shape index (κ3) is 2.96. The van der Waals surface area contributed by atoms with Crippen molar-refractivity contribution in [2.75, 3.05) is 27.2 Å². The summed E-state index contributed by atoms with van der Waals surface area (Å²) >= 11 is 0. The minimum Gasteiger partial charge on any atom is -0.350 e. The van der Waals surface area contributed by atoms with Crippen LogP contribution in [-0.4, -0.2) is 42.6 Å². The fourth-order valence-corrected chi connectivity index (χ4v) is 2.32. The number of likely N-dealkylation sites (N-methyl/N-ethyl adjacent to an activating group) is 2. The standard InChI is InChI=1S/C15H21N3O/c1-16-10-15(19)17(2)9-8-12-11-18(3)14-7-5-4-6-13(12)14/h4-7,11,16H,8-10H2,1-3H3. The summed E-state index contributed by atoms with van der Waals surface area (Å²) in [6, 6.07) is 8.37. The highest BCUT2D eigenvalue weighted by Crippen LogP contribution is 2.20. The minimum absolute atomic E-state index is 0.128. The van der Waals surface area contributed by atoms with Crippen LogP contribution in [0.3, 0.4) is 0 Å². The molecule has 2 aromatic rings. The molecule has 0 unspecified atom stereocenters. The predicted octanol–water partition coefficient (Wildman–Crippen LogP) is 1.40. The number of fused-ring (bicyclic) bond motifs is 1. The first kappa shape index (κ1) is 13.6. The van der Waals surface area contributed by atoms with Gasteiger partial charge in [0.15, 0.2) is 0 Å². The van der Waals surface area contributed by atoms with Gasteiger partial charge in [-0.15, -0.1) is 0 Å². The molecule has 0 atom stereocenters.